The lowest BCUT2D eigenvalue weighted by Gasteiger charge is -2.28. The van der Waals surface area contributed by atoms with Gasteiger partial charge in [0.15, 0.2) is 0 Å². The molecule has 23 heavy (non-hydrogen) atoms. The Labute approximate surface area is 142 Å². The lowest BCUT2D eigenvalue weighted by molar-refractivity contribution is -0.146. The molecule has 0 fully saturated rings. The van der Waals surface area contributed by atoms with Crippen LogP contribution in [-0.2, 0) is 4.74 Å². The van der Waals surface area contributed by atoms with Crippen LogP contribution < -0.4 is 0 Å². The molecule has 0 N–H and O–H groups in total. The summed E-state index contributed by atoms with van der Waals surface area (Å²) in [4.78, 5) is 3.88. The number of hydrogen-bond donors (Lipinski definition) is 0. The minimum Gasteiger partial charge on any atom is -0.376 e. The molecule has 1 aromatic carbocycles. The van der Waals surface area contributed by atoms with Crippen molar-refractivity contribution in [1.82, 2.24) is 4.98 Å². The predicted octanol–water partition coefficient (Wildman–Crippen LogP) is 5.81. The van der Waals surface area contributed by atoms with Crippen molar-refractivity contribution < 1.29 is 17.9 Å². The predicted molar refractivity (Wildman–Crippen MR) is 83.9 cm³/mol. The minimum absolute atomic E-state index is 0.183. The van der Waals surface area contributed by atoms with E-state index in [4.69, 9.17) is 27.9 Å². The molecule has 2 nitrogen and oxygen atoms in total. The van der Waals surface area contributed by atoms with Crippen LogP contribution in [0.15, 0.2) is 42.7 Å². The van der Waals surface area contributed by atoms with Crippen molar-refractivity contribution in [3.8, 4) is 0 Å². The Hall–Kier alpha value is -1.30. The lowest BCUT2D eigenvalue weighted by Crippen LogP contribution is -2.21. The maximum Gasteiger partial charge on any atom is 0.389 e. The molecular formula is C16H14Cl2F3NO. The number of ether oxygens (including phenoxy) is 1. The van der Waals surface area contributed by atoms with Gasteiger partial charge < -0.3 is 4.74 Å². The number of alkyl halides is 3. The van der Waals surface area contributed by atoms with E-state index in [0.29, 0.717) is 16.1 Å². The Balaban J connectivity index is 2.48. The number of rotatable bonds is 5. The Kier molecular flexibility index (Phi) is 5.89. The van der Waals surface area contributed by atoms with Crippen LogP contribution in [0.2, 0.25) is 10.0 Å². The van der Waals surface area contributed by atoms with Gasteiger partial charge in [-0.25, -0.2) is 0 Å². The van der Waals surface area contributed by atoms with Gasteiger partial charge >= 0.3 is 6.18 Å². The molecule has 0 aliphatic carbocycles. The van der Waals surface area contributed by atoms with Gasteiger partial charge in [0.25, 0.3) is 0 Å². The van der Waals surface area contributed by atoms with E-state index in [2.05, 4.69) is 4.98 Å². The second-order valence-electron chi connectivity index (χ2n) is 5.03. The van der Waals surface area contributed by atoms with Gasteiger partial charge in [-0.1, -0.05) is 29.3 Å². The number of halogens is 5. The number of methoxy groups -OCH3 is 1. The number of pyridine rings is 1. The van der Waals surface area contributed by atoms with Crippen LogP contribution in [0.4, 0.5) is 13.2 Å². The fraction of sp³-hybridized carbons (Fsp3) is 0.312. The first-order chi connectivity index (χ1) is 10.8. The van der Waals surface area contributed by atoms with Gasteiger partial charge in [0.05, 0.1) is 12.5 Å². The van der Waals surface area contributed by atoms with Crippen LogP contribution in [0.25, 0.3) is 0 Å². The number of hydrogen-bond acceptors (Lipinski definition) is 2. The monoisotopic (exact) mass is 363 g/mol. The van der Waals surface area contributed by atoms with Crippen molar-refractivity contribution in [3.05, 3.63) is 63.9 Å². The molecular weight excluding hydrogens is 350 g/mol. The zero-order chi connectivity index (χ0) is 17.0. The molecule has 0 saturated heterocycles. The highest BCUT2D eigenvalue weighted by atomic mass is 35.5. The summed E-state index contributed by atoms with van der Waals surface area (Å²) < 4.78 is 44.6. The molecule has 2 aromatic rings. The van der Waals surface area contributed by atoms with Gasteiger partial charge in [-0.3, -0.25) is 4.98 Å². The molecule has 0 bridgehead atoms. The average Bonchev–Trinajstić information content (AvgIpc) is 2.47. The highest BCUT2D eigenvalue weighted by Crippen LogP contribution is 2.44. The van der Waals surface area contributed by atoms with Crippen LogP contribution in [0.3, 0.4) is 0 Å². The summed E-state index contributed by atoms with van der Waals surface area (Å²) in [6.45, 7) is 0. The number of benzene rings is 1. The molecule has 2 atom stereocenters. The third-order valence-corrected chi connectivity index (χ3v) is 4.03. The average molecular weight is 364 g/mol. The Morgan fingerprint density at radius 1 is 1.13 bits per heavy atom. The van der Waals surface area contributed by atoms with Crippen molar-refractivity contribution in [3.63, 3.8) is 0 Å². The third kappa shape index (κ3) is 4.83. The highest BCUT2D eigenvalue weighted by Gasteiger charge is 2.38. The quantitative estimate of drug-likeness (QED) is 0.668. The number of aromatic nitrogens is 1. The van der Waals surface area contributed by atoms with Crippen LogP contribution in [0.5, 0.6) is 0 Å². The highest BCUT2D eigenvalue weighted by molar-refractivity contribution is 6.35. The zero-order valence-corrected chi connectivity index (χ0v) is 13.7. The Morgan fingerprint density at radius 2 is 1.78 bits per heavy atom. The smallest absolute Gasteiger partial charge is 0.376 e. The van der Waals surface area contributed by atoms with E-state index in [0.717, 1.165) is 0 Å². The first-order valence-electron chi connectivity index (χ1n) is 6.76. The van der Waals surface area contributed by atoms with Gasteiger partial charge in [-0.15, -0.1) is 0 Å². The molecule has 0 spiro atoms. The molecule has 7 heteroatoms. The van der Waals surface area contributed by atoms with Gasteiger partial charge in [0.2, 0.25) is 0 Å². The van der Waals surface area contributed by atoms with Crippen LogP contribution in [-0.4, -0.2) is 18.3 Å². The molecule has 1 heterocycles. The van der Waals surface area contributed by atoms with Crippen LogP contribution >= 0.6 is 23.2 Å². The van der Waals surface area contributed by atoms with Crippen molar-refractivity contribution in [2.24, 2.45) is 0 Å². The van der Waals surface area contributed by atoms with E-state index < -0.39 is 24.6 Å². The van der Waals surface area contributed by atoms with Crippen LogP contribution in [0.1, 0.15) is 29.6 Å². The van der Waals surface area contributed by atoms with Crippen molar-refractivity contribution in [2.75, 3.05) is 7.11 Å². The van der Waals surface area contributed by atoms with Crippen molar-refractivity contribution >= 4 is 23.2 Å². The van der Waals surface area contributed by atoms with Gasteiger partial charge in [-0.2, -0.15) is 13.2 Å². The van der Waals surface area contributed by atoms with E-state index in [1.54, 1.807) is 12.1 Å². The first-order valence-corrected chi connectivity index (χ1v) is 7.52. The number of nitrogens with zero attached hydrogens (tertiary/aromatic N) is 1. The van der Waals surface area contributed by atoms with E-state index in [9.17, 15) is 13.2 Å². The minimum atomic E-state index is -4.36. The fourth-order valence-corrected chi connectivity index (χ4v) is 3.07. The van der Waals surface area contributed by atoms with E-state index in [1.807, 2.05) is 0 Å². The summed E-state index contributed by atoms with van der Waals surface area (Å²) in [6, 6.07) is 7.71. The maximum absolute atomic E-state index is 13.1. The molecule has 1 aromatic heterocycles. The molecule has 0 saturated carbocycles. The first kappa shape index (κ1) is 18.0. The summed E-state index contributed by atoms with van der Waals surface area (Å²) in [5.74, 6) is -0.993. The molecule has 0 radical (unpaired) electrons. The third-order valence-electron chi connectivity index (χ3n) is 3.47. The maximum atomic E-state index is 13.1. The summed E-state index contributed by atoms with van der Waals surface area (Å²) in [6.07, 6.45) is -3.21. The Morgan fingerprint density at radius 3 is 2.30 bits per heavy atom. The molecule has 124 valence electrons. The van der Waals surface area contributed by atoms with Gasteiger partial charge in [0, 0.05) is 35.5 Å². The van der Waals surface area contributed by atoms with E-state index in [-0.39, 0.29) is 5.02 Å². The SMILES string of the molecule is COC(c1ccncc1)C(CC(F)(F)F)c1ccc(Cl)cc1Cl. The van der Waals surface area contributed by atoms with E-state index >= 15 is 0 Å². The second kappa shape index (κ2) is 7.51. The molecule has 0 aliphatic rings. The summed E-state index contributed by atoms with van der Waals surface area (Å²) >= 11 is 12.0. The summed E-state index contributed by atoms with van der Waals surface area (Å²) in [5.41, 5.74) is 0.944. The Bertz CT molecular complexity index is 650. The van der Waals surface area contributed by atoms with Crippen molar-refractivity contribution in [2.45, 2.75) is 24.6 Å². The standard InChI is InChI=1S/C16H14Cl2F3NO/c1-23-15(10-4-6-22-7-5-10)13(9-16(19,20)21)12-3-2-11(17)8-14(12)18/h2-8,13,15H,9H2,1H3. The normalized spacial score (nSPS) is 14.5. The molecule has 2 unspecified atom stereocenters. The lowest BCUT2D eigenvalue weighted by atomic mass is 9.86. The van der Waals surface area contributed by atoms with E-state index in [1.165, 1.54) is 37.7 Å². The summed E-state index contributed by atoms with van der Waals surface area (Å²) in [7, 11) is 1.37. The van der Waals surface area contributed by atoms with Crippen molar-refractivity contribution in [1.29, 1.82) is 0 Å². The molecule has 0 aliphatic heterocycles. The summed E-state index contributed by atoms with van der Waals surface area (Å²) in [5, 5.41) is 0.547. The molecule has 2 rings (SSSR count). The fourth-order valence-electron chi connectivity index (χ4n) is 2.52. The second-order valence-corrected chi connectivity index (χ2v) is 5.87. The van der Waals surface area contributed by atoms with Gasteiger partial charge in [-0.05, 0) is 35.4 Å². The van der Waals surface area contributed by atoms with Gasteiger partial charge in [0.1, 0.15) is 0 Å². The zero-order valence-electron chi connectivity index (χ0n) is 12.1. The topological polar surface area (TPSA) is 22.1 Å². The largest absolute Gasteiger partial charge is 0.389 e. The van der Waals surface area contributed by atoms with Crippen LogP contribution in [0, 0.1) is 0 Å². The molecule has 0 amide bonds.